The van der Waals surface area contributed by atoms with Crippen molar-refractivity contribution in [2.24, 2.45) is 5.73 Å². The number of carbonyl (C=O) groups is 1. The molecule has 1 unspecified atom stereocenters. The SMILES string of the molecule is CCOCCOC(C)C(=O)Nc1ccccc1CN. The molecule has 0 aliphatic heterocycles. The predicted molar refractivity (Wildman–Crippen MR) is 74.9 cm³/mol. The largest absolute Gasteiger partial charge is 0.379 e. The van der Waals surface area contributed by atoms with Gasteiger partial charge in [-0.25, -0.2) is 0 Å². The van der Waals surface area contributed by atoms with E-state index in [1.54, 1.807) is 6.92 Å². The van der Waals surface area contributed by atoms with E-state index in [4.69, 9.17) is 15.2 Å². The maximum Gasteiger partial charge on any atom is 0.253 e. The van der Waals surface area contributed by atoms with Gasteiger partial charge in [0.2, 0.25) is 0 Å². The van der Waals surface area contributed by atoms with Gasteiger partial charge in [-0.2, -0.15) is 0 Å². The third-order valence-electron chi connectivity index (χ3n) is 2.66. The first-order valence-corrected chi connectivity index (χ1v) is 6.47. The second-order valence-corrected chi connectivity index (χ2v) is 4.06. The van der Waals surface area contributed by atoms with Crippen LogP contribution in [-0.4, -0.2) is 31.8 Å². The molecule has 19 heavy (non-hydrogen) atoms. The van der Waals surface area contributed by atoms with Crippen molar-refractivity contribution in [3.05, 3.63) is 29.8 Å². The highest BCUT2D eigenvalue weighted by molar-refractivity contribution is 5.94. The number of rotatable bonds is 8. The Labute approximate surface area is 114 Å². The summed E-state index contributed by atoms with van der Waals surface area (Å²) in [5.41, 5.74) is 7.25. The zero-order chi connectivity index (χ0) is 14.1. The summed E-state index contributed by atoms with van der Waals surface area (Å²) < 4.78 is 10.5. The predicted octanol–water partition coefficient (Wildman–Crippen LogP) is 1.53. The summed E-state index contributed by atoms with van der Waals surface area (Å²) >= 11 is 0. The summed E-state index contributed by atoms with van der Waals surface area (Å²) in [5, 5.41) is 2.82. The lowest BCUT2D eigenvalue weighted by Crippen LogP contribution is -2.29. The maximum absolute atomic E-state index is 11.9. The van der Waals surface area contributed by atoms with E-state index in [1.165, 1.54) is 0 Å². The lowest BCUT2D eigenvalue weighted by Gasteiger charge is -2.15. The minimum absolute atomic E-state index is 0.183. The normalized spacial score (nSPS) is 12.2. The number of ether oxygens (including phenoxy) is 2. The van der Waals surface area contributed by atoms with Crippen molar-refractivity contribution in [2.45, 2.75) is 26.5 Å². The Morgan fingerprint density at radius 3 is 2.79 bits per heavy atom. The number of anilines is 1. The van der Waals surface area contributed by atoms with Gasteiger partial charge in [-0.05, 0) is 25.5 Å². The van der Waals surface area contributed by atoms with E-state index < -0.39 is 6.10 Å². The molecule has 1 aromatic rings. The van der Waals surface area contributed by atoms with Gasteiger partial charge in [-0.3, -0.25) is 4.79 Å². The average Bonchev–Trinajstić information content (AvgIpc) is 2.44. The van der Waals surface area contributed by atoms with E-state index in [0.717, 1.165) is 11.3 Å². The standard InChI is InChI=1S/C14H22N2O3/c1-3-18-8-9-19-11(2)14(17)16-13-7-5-4-6-12(13)10-15/h4-7,11H,3,8-10,15H2,1-2H3,(H,16,17). The van der Waals surface area contributed by atoms with Crippen LogP contribution in [0.1, 0.15) is 19.4 Å². The summed E-state index contributed by atoms with van der Waals surface area (Å²) in [6.07, 6.45) is -0.522. The highest BCUT2D eigenvalue weighted by Crippen LogP contribution is 2.14. The minimum Gasteiger partial charge on any atom is -0.379 e. The van der Waals surface area contributed by atoms with E-state index in [2.05, 4.69) is 5.32 Å². The summed E-state index contributed by atoms with van der Waals surface area (Å²) in [4.78, 5) is 11.9. The van der Waals surface area contributed by atoms with Crippen LogP contribution in [0.25, 0.3) is 0 Å². The Morgan fingerprint density at radius 2 is 2.11 bits per heavy atom. The molecule has 0 saturated heterocycles. The van der Waals surface area contributed by atoms with Crippen molar-refractivity contribution in [1.29, 1.82) is 0 Å². The first kappa shape index (κ1) is 15.6. The van der Waals surface area contributed by atoms with Crippen molar-refractivity contribution < 1.29 is 14.3 Å². The molecule has 0 spiro atoms. The van der Waals surface area contributed by atoms with Gasteiger partial charge in [-0.15, -0.1) is 0 Å². The van der Waals surface area contributed by atoms with Crippen LogP contribution in [0.15, 0.2) is 24.3 Å². The van der Waals surface area contributed by atoms with E-state index in [-0.39, 0.29) is 5.91 Å². The molecule has 0 fully saturated rings. The van der Waals surface area contributed by atoms with Gasteiger partial charge < -0.3 is 20.5 Å². The quantitative estimate of drug-likeness (QED) is 0.700. The number of carbonyl (C=O) groups excluding carboxylic acids is 1. The van der Waals surface area contributed by atoms with Crippen molar-refractivity contribution in [1.82, 2.24) is 0 Å². The van der Waals surface area contributed by atoms with Gasteiger partial charge in [0.25, 0.3) is 5.91 Å². The van der Waals surface area contributed by atoms with Gasteiger partial charge >= 0.3 is 0 Å². The molecular formula is C14H22N2O3. The van der Waals surface area contributed by atoms with Gasteiger partial charge in [0.15, 0.2) is 0 Å². The Balaban J connectivity index is 2.45. The maximum atomic E-state index is 11.9. The Morgan fingerprint density at radius 1 is 1.37 bits per heavy atom. The summed E-state index contributed by atoms with van der Waals surface area (Å²) in [6, 6.07) is 7.46. The zero-order valence-electron chi connectivity index (χ0n) is 11.5. The van der Waals surface area contributed by atoms with Crippen LogP contribution < -0.4 is 11.1 Å². The lowest BCUT2D eigenvalue weighted by molar-refractivity contribution is -0.127. The molecule has 1 atom stereocenters. The van der Waals surface area contributed by atoms with Crippen molar-refractivity contribution in [3.63, 3.8) is 0 Å². The fourth-order valence-corrected chi connectivity index (χ4v) is 1.56. The van der Waals surface area contributed by atoms with Crippen LogP contribution in [0.5, 0.6) is 0 Å². The van der Waals surface area contributed by atoms with Crippen LogP contribution in [0, 0.1) is 0 Å². The molecule has 0 radical (unpaired) electrons. The summed E-state index contributed by atoms with van der Waals surface area (Å²) in [7, 11) is 0. The van der Waals surface area contributed by atoms with Crippen molar-refractivity contribution >= 4 is 11.6 Å². The molecule has 1 aromatic carbocycles. The van der Waals surface area contributed by atoms with E-state index in [0.29, 0.717) is 26.4 Å². The smallest absolute Gasteiger partial charge is 0.253 e. The first-order valence-electron chi connectivity index (χ1n) is 6.47. The van der Waals surface area contributed by atoms with Crippen LogP contribution in [0.3, 0.4) is 0 Å². The molecule has 0 bridgehead atoms. The van der Waals surface area contributed by atoms with E-state index >= 15 is 0 Å². The molecule has 1 rings (SSSR count). The fraction of sp³-hybridized carbons (Fsp3) is 0.500. The third kappa shape index (κ3) is 5.38. The summed E-state index contributed by atoms with van der Waals surface area (Å²) in [6.45, 7) is 5.56. The van der Waals surface area contributed by atoms with Gasteiger partial charge in [-0.1, -0.05) is 18.2 Å². The molecule has 0 aliphatic rings. The second-order valence-electron chi connectivity index (χ2n) is 4.06. The molecular weight excluding hydrogens is 244 g/mol. The minimum atomic E-state index is -0.522. The molecule has 5 heteroatoms. The summed E-state index contributed by atoms with van der Waals surface area (Å²) in [5.74, 6) is -0.183. The van der Waals surface area contributed by atoms with Crippen molar-refractivity contribution in [2.75, 3.05) is 25.1 Å². The second kappa shape index (κ2) is 8.63. The van der Waals surface area contributed by atoms with Crippen LogP contribution in [0.4, 0.5) is 5.69 Å². The molecule has 106 valence electrons. The molecule has 0 heterocycles. The van der Waals surface area contributed by atoms with Gasteiger partial charge in [0.05, 0.1) is 13.2 Å². The Bertz CT molecular complexity index is 396. The fourth-order valence-electron chi connectivity index (χ4n) is 1.56. The number of amides is 1. The molecule has 1 amide bonds. The number of para-hydroxylation sites is 1. The average molecular weight is 266 g/mol. The number of benzene rings is 1. The topological polar surface area (TPSA) is 73.6 Å². The number of hydrogen-bond donors (Lipinski definition) is 2. The molecule has 5 nitrogen and oxygen atoms in total. The number of nitrogens with two attached hydrogens (primary N) is 1. The molecule has 3 N–H and O–H groups in total. The highest BCUT2D eigenvalue weighted by atomic mass is 16.5. The molecule has 0 aromatic heterocycles. The number of nitrogens with one attached hydrogen (secondary N) is 1. The Kier molecular flexibility index (Phi) is 7.10. The Hall–Kier alpha value is -1.43. The molecule has 0 saturated carbocycles. The lowest BCUT2D eigenvalue weighted by atomic mass is 10.1. The van der Waals surface area contributed by atoms with Crippen LogP contribution in [0.2, 0.25) is 0 Å². The van der Waals surface area contributed by atoms with Gasteiger partial charge in [0, 0.05) is 18.8 Å². The first-order chi connectivity index (χ1) is 9.19. The monoisotopic (exact) mass is 266 g/mol. The van der Waals surface area contributed by atoms with Crippen molar-refractivity contribution in [3.8, 4) is 0 Å². The van der Waals surface area contributed by atoms with Crippen LogP contribution >= 0.6 is 0 Å². The van der Waals surface area contributed by atoms with E-state index in [1.807, 2.05) is 31.2 Å². The molecule has 0 aliphatic carbocycles. The van der Waals surface area contributed by atoms with Gasteiger partial charge in [0.1, 0.15) is 6.10 Å². The van der Waals surface area contributed by atoms with E-state index in [9.17, 15) is 4.79 Å². The third-order valence-corrected chi connectivity index (χ3v) is 2.66. The number of hydrogen-bond acceptors (Lipinski definition) is 4. The zero-order valence-corrected chi connectivity index (χ0v) is 11.5. The highest BCUT2D eigenvalue weighted by Gasteiger charge is 2.14. The van der Waals surface area contributed by atoms with Crippen LogP contribution in [-0.2, 0) is 20.8 Å².